The number of aromatic amines is 1. The van der Waals surface area contributed by atoms with Gasteiger partial charge in [0.05, 0.1) is 19.0 Å². The summed E-state index contributed by atoms with van der Waals surface area (Å²) in [7, 11) is 1.67. The van der Waals surface area contributed by atoms with Crippen LogP contribution in [0.3, 0.4) is 0 Å². The molecule has 1 aromatic heterocycles. The summed E-state index contributed by atoms with van der Waals surface area (Å²) < 4.78 is 6.28. The highest BCUT2D eigenvalue weighted by atomic mass is 79.9. The second-order valence-corrected chi connectivity index (χ2v) is 5.30. The van der Waals surface area contributed by atoms with E-state index in [1.54, 1.807) is 7.11 Å². The molecule has 2 aromatic carbocycles. The first-order chi connectivity index (χ1) is 9.76. The predicted octanol–water partition coefficient (Wildman–Crippen LogP) is 4.51. The summed E-state index contributed by atoms with van der Waals surface area (Å²) in [6.45, 7) is 0. The number of nitrogens with one attached hydrogen (secondary N) is 1. The van der Waals surface area contributed by atoms with Gasteiger partial charge in [-0.25, -0.2) is 4.98 Å². The molecule has 0 aliphatic carbocycles. The lowest BCUT2D eigenvalue weighted by Crippen LogP contribution is -1.84. The third kappa shape index (κ3) is 2.60. The van der Waals surface area contributed by atoms with Crippen LogP contribution in [0.5, 0.6) is 5.75 Å². The molecule has 3 rings (SSSR count). The third-order valence-electron chi connectivity index (χ3n) is 3.05. The average Bonchev–Trinajstić information content (AvgIpc) is 2.97. The Bertz CT molecular complexity index is 737. The highest BCUT2D eigenvalue weighted by Gasteiger charge is 2.06. The Morgan fingerprint density at radius 3 is 2.65 bits per heavy atom. The van der Waals surface area contributed by atoms with Crippen LogP contribution in [-0.4, -0.2) is 17.1 Å². The molecule has 1 N–H and O–H groups in total. The molecule has 0 atom stereocenters. The molecule has 0 radical (unpaired) electrons. The third-order valence-corrected chi connectivity index (χ3v) is 3.55. The van der Waals surface area contributed by atoms with Crippen molar-refractivity contribution in [2.45, 2.75) is 0 Å². The van der Waals surface area contributed by atoms with Crippen LogP contribution >= 0.6 is 15.9 Å². The van der Waals surface area contributed by atoms with Crippen LogP contribution in [0.2, 0.25) is 0 Å². The number of halogens is 1. The van der Waals surface area contributed by atoms with Gasteiger partial charge >= 0.3 is 0 Å². The number of hydrogen-bond acceptors (Lipinski definition) is 2. The molecule has 0 aliphatic rings. The summed E-state index contributed by atoms with van der Waals surface area (Å²) in [5, 5.41) is 0. The molecule has 3 aromatic rings. The van der Waals surface area contributed by atoms with Gasteiger partial charge < -0.3 is 9.72 Å². The number of rotatable bonds is 3. The Labute approximate surface area is 125 Å². The molecule has 0 amide bonds. The highest BCUT2D eigenvalue weighted by Crippen LogP contribution is 2.26. The largest absolute Gasteiger partial charge is 0.497 e. The first kappa shape index (κ1) is 12.9. The van der Waals surface area contributed by atoms with Crippen molar-refractivity contribution in [1.82, 2.24) is 9.97 Å². The van der Waals surface area contributed by atoms with Gasteiger partial charge in [-0.2, -0.15) is 0 Å². The van der Waals surface area contributed by atoms with Crippen molar-refractivity contribution in [2.75, 3.05) is 7.11 Å². The molecule has 0 saturated carbocycles. The monoisotopic (exact) mass is 328 g/mol. The first-order valence-corrected chi connectivity index (χ1v) is 7.01. The van der Waals surface area contributed by atoms with Crippen LogP contribution in [0.4, 0.5) is 0 Å². The molecule has 0 aliphatic heterocycles. The smallest absolute Gasteiger partial charge is 0.137 e. The van der Waals surface area contributed by atoms with Crippen molar-refractivity contribution < 1.29 is 4.74 Å². The number of hydrogen-bond donors (Lipinski definition) is 1. The van der Waals surface area contributed by atoms with Gasteiger partial charge in [-0.3, -0.25) is 0 Å². The molecule has 0 saturated heterocycles. The summed E-state index contributed by atoms with van der Waals surface area (Å²) in [5.41, 5.74) is 3.07. The van der Waals surface area contributed by atoms with E-state index in [1.807, 2.05) is 54.7 Å². The van der Waals surface area contributed by atoms with Gasteiger partial charge in [0.25, 0.3) is 0 Å². The van der Waals surface area contributed by atoms with Crippen LogP contribution in [0, 0.1) is 0 Å². The van der Waals surface area contributed by atoms with E-state index in [9.17, 15) is 0 Å². The van der Waals surface area contributed by atoms with Gasteiger partial charge in [0.1, 0.15) is 11.6 Å². The molecule has 0 unspecified atom stereocenters. The molecule has 0 bridgehead atoms. The normalized spacial score (nSPS) is 10.5. The van der Waals surface area contributed by atoms with Crippen molar-refractivity contribution in [3.63, 3.8) is 0 Å². The van der Waals surface area contributed by atoms with Crippen LogP contribution in [0.15, 0.2) is 59.2 Å². The van der Waals surface area contributed by atoms with E-state index >= 15 is 0 Å². The standard InChI is InChI=1S/C16H13BrN2O/c1-20-14-7-3-4-11(9-14)15-10-18-16(19-15)12-5-2-6-13(17)8-12/h2-10H,1H3,(H,18,19). The highest BCUT2D eigenvalue weighted by molar-refractivity contribution is 9.10. The van der Waals surface area contributed by atoms with E-state index in [0.717, 1.165) is 32.9 Å². The molecule has 0 spiro atoms. The van der Waals surface area contributed by atoms with Gasteiger partial charge in [-0.15, -0.1) is 0 Å². The zero-order chi connectivity index (χ0) is 13.9. The minimum absolute atomic E-state index is 0.834. The zero-order valence-corrected chi connectivity index (χ0v) is 12.5. The maximum absolute atomic E-state index is 5.24. The van der Waals surface area contributed by atoms with E-state index in [4.69, 9.17) is 4.74 Å². The van der Waals surface area contributed by atoms with Crippen LogP contribution in [0.1, 0.15) is 0 Å². The van der Waals surface area contributed by atoms with Gasteiger partial charge in [0, 0.05) is 15.6 Å². The van der Waals surface area contributed by atoms with Crippen LogP contribution in [-0.2, 0) is 0 Å². The lowest BCUT2D eigenvalue weighted by molar-refractivity contribution is 0.415. The van der Waals surface area contributed by atoms with Gasteiger partial charge in [-0.1, -0.05) is 40.2 Å². The van der Waals surface area contributed by atoms with Crippen molar-refractivity contribution in [3.05, 3.63) is 59.2 Å². The average molecular weight is 329 g/mol. The Balaban J connectivity index is 1.97. The summed E-state index contributed by atoms with van der Waals surface area (Å²) in [6, 6.07) is 16.0. The minimum atomic E-state index is 0.834. The number of benzene rings is 2. The van der Waals surface area contributed by atoms with Crippen molar-refractivity contribution >= 4 is 15.9 Å². The molecular formula is C16H13BrN2O. The number of methoxy groups -OCH3 is 1. The fourth-order valence-electron chi connectivity index (χ4n) is 2.04. The molecule has 20 heavy (non-hydrogen) atoms. The van der Waals surface area contributed by atoms with Gasteiger partial charge in [0.2, 0.25) is 0 Å². The predicted molar refractivity (Wildman–Crippen MR) is 83.7 cm³/mol. The lowest BCUT2D eigenvalue weighted by Gasteiger charge is -2.02. The van der Waals surface area contributed by atoms with Crippen molar-refractivity contribution in [1.29, 1.82) is 0 Å². The molecule has 1 heterocycles. The van der Waals surface area contributed by atoms with E-state index < -0.39 is 0 Å². The van der Waals surface area contributed by atoms with Crippen LogP contribution in [0.25, 0.3) is 22.6 Å². The maximum atomic E-state index is 5.24. The molecule has 100 valence electrons. The second-order valence-electron chi connectivity index (χ2n) is 4.39. The number of H-pyrrole nitrogens is 1. The van der Waals surface area contributed by atoms with E-state index in [2.05, 4.69) is 25.9 Å². The molecule has 3 nitrogen and oxygen atoms in total. The lowest BCUT2D eigenvalue weighted by atomic mass is 10.1. The Hall–Kier alpha value is -2.07. The van der Waals surface area contributed by atoms with E-state index in [-0.39, 0.29) is 0 Å². The fourth-order valence-corrected chi connectivity index (χ4v) is 2.44. The van der Waals surface area contributed by atoms with E-state index in [0.29, 0.717) is 0 Å². The van der Waals surface area contributed by atoms with Crippen LogP contribution < -0.4 is 4.74 Å². The minimum Gasteiger partial charge on any atom is -0.497 e. The van der Waals surface area contributed by atoms with Gasteiger partial charge in [-0.05, 0) is 24.3 Å². The fraction of sp³-hybridized carbons (Fsp3) is 0.0625. The Morgan fingerprint density at radius 2 is 1.85 bits per heavy atom. The van der Waals surface area contributed by atoms with E-state index in [1.165, 1.54) is 0 Å². The summed E-state index contributed by atoms with van der Waals surface area (Å²) in [6.07, 6.45) is 1.84. The summed E-state index contributed by atoms with van der Waals surface area (Å²) in [4.78, 5) is 7.78. The Morgan fingerprint density at radius 1 is 1.05 bits per heavy atom. The summed E-state index contributed by atoms with van der Waals surface area (Å²) >= 11 is 3.47. The summed E-state index contributed by atoms with van der Waals surface area (Å²) in [5.74, 6) is 1.69. The zero-order valence-electron chi connectivity index (χ0n) is 10.9. The molecule has 4 heteroatoms. The van der Waals surface area contributed by atoms with Crippen molar-refractivity contribution in [3.8, 4) is 28.4 Å². The van der Waals surface area contributed by atoms with Crippen molar-refractivity contribution in [2.24, 2.45) is 0 Å². The first-order valence-electron chi connectivity index (χ1n) is 6.21. The maximum Gasteiger partial charge on any atom is 0.137 e. The quantitative estimate of drug-likeness (QED) is 0.767. The molecule has 0 fully saturated rings. The number of nitrogens with zero attached hydrogens (tertiary/aromatic N) is 1. The molecular weight excluding hydrogens is 316 g/mol. The topological polar surface area (TPSA) is 37.9 Å². The SMILES string of the molecule is COc1cccc(-c2cnc(-c3cccc(Br)c3)[nH]2)c1. The number of imidazole rings is 1. The van der Waals surface area contributed by atoms with Gasteiger partial charge in [0.15, 0.2) is 0 Å². The Kier molecular flexibility index (Phi) is 3.56. The number of ether oxygens (including phenoxy) is 1. The number of aromatic nitrogens is 2. The second kappa shape index (κ2) is 5.51.